The van der Waals surface area contributed by atoms with Gasteiger partial charge in [0.05, 0.1) is 13.3 Å². The van der Waals surface area contributed by atoms with Gasteiger partial charge in [0, 0.05) is 25.7 Å². The zero-order valence-corrected chi connectivity index (χ0v) is 18.0. The number of pyridine rings is 1. The third-order valence-electron chi connectivity index (χ3n) is 5.07. The highest BCUT2D eigenvalue weighted by atomic mass is 35.5. The van der Waals surface area contributed by atoms with E-state index in [1.54, 1.807) is 24.4 Å². The van der Waals surface area contributed by atoms with Gasteiger partial charge in [-0.3, -0.25) is 0 Å². The van der Waals surface area contributed by atoms with Gasteiger partial charge in [0.15, 0.2) is 5.82 Å². The van der Waals surface area contributed by atoms with E-state index in [1.165, 1.54) is 19.2 Å². The van der Waals surface area contributed by atoms with Crippen LogP contribution in [-0.2, 0) is 0 Å². The van der Waals surface area contributed by atoms with Crippen molar-refractivity contribution in [3.63, 3.8) is 0 Å². The molecule has 9 heteroatoms. The molecule has 1 aliphatic rings. The van der Waals surface area contributed by atoms with Crippen LogP contribution in [0.2, 0.25) is 10.2 Å². The highest BCUT2D eigenvalue weighted by Crippen LogP contribution is 2.31. The molecule has 0 unspecified atom stereocenters. The van der Waals surface area contributed by atoms with Gasteiger partial charge in [-0.15, -0.1) is 0 Å². The number of hydrogen-bond acceptors (Lipinski definition) is 6. The summed E-state index contributed by atoms with van der Waals surface area (Å²) in [6.07, 6.45) is 1.55. The third-order valence-corrected chi connectivity index (χ3v) is 5.53. The molecular formula is C21H20Cl2FN5O. The number of aromatic nitrogens is 3. The Morgan fingerprint density at radius 3 is 2.53 bits per heavy atom. The van der Waals surface area contributed by atoms with E-state index in [-0.39, 0.29) is 17.9 Å². The summed E-state index contributed by atoms with van der Waals surface area (Å²) in [5, 5.41) is 0.876. The molecule has 1 aliphatic heterocycles. The Kier molecular flexibility index (Phi) is 5.92. The number of nitrogens with zero attached hydrogens (tertiary/aromatic N) is 5. The van der Waals surface area contributed by atoms with Crippen LogP contribution in [0.25, 0.3) is 11.1 Å². The normalized spacial score (nSPS) is 16.6. The molecule has 3 heterocycles. The summed E-state index contributed by atoms with van der Waals surface area (Å²) in [5.41, 5.74) is 1.77. The zero-order valence-electron chi connectivity index (χ0n) is 16.5. The Morgan fingerprint density at radius 1 is 1.07 bits per heavy atom. The van der Waals surface area contributed by atoms with Gasteiger partial charge in [0.25, 0.3) is 0 Å². The van der Waals surface area contributed by atoms with Crippen molar-refractivity contribution in [2.45, 2.75) is 13.0 Å². The molecule has 0 radical (unpaired) electrons. The maximum atomic E-state index is 13.3. The van der Waals surface area contributed by atoms with E-state index in [0.29, 0.717) is 35.6 Å². The summed E-state index contributed by atoms with van der Waals surface area (Å²) in [5.74, 6) is 1.16. The molecule has 0 amide bonds. The van der Waals surface area contributed by atoms with E-state index in [1.807, 2.05) is 6.07 Å². The average Bonchev–Trinajstić information content (AvgIpc) is 2.74. The Balaban J connectivity index is 1.57. The summed E-state index contributed by atoms with van der Waals surface area (Å²) in [6.45, 7) is 4.21. The van der Waals surface area contributed by atoms with E-state index in [0.717, 1.165) is 16.9 Å². The fourth-order valence-corrected chi connectivity index (χ4v) is 4.01. The van der Waals surface area contributed by atoms with Gasteiger partial charge in [0.2, 0.25) is 0 Å². The van der Waals surface area contributed by atoms with Crippen LogP contribution in [0.5, 0.6) is 6.01 Å². The van der Waals surface area contributed by atoms with E-state index in [9.17, 15) is 4.39 Å². The van der Waals surface area contributed by atoms with Crippen molar-refractivity contribution < 1.29 is 9.13 Å². The fourth-order valence-electron chi connectivity index (χ4n) is 3.59. The molecule has 156 valence electrons. The van der Waals surface area contributed by atoms with Crippen molar-refractivity contribution in [3.8, 4) is 17.1 Å². The van der Waals surface area contributed by atoms with Gasteiger partial charge in [-0.1, -0.05) is 35.3 Å². The Labute approximate surface area is 184 Å². The lowest BCUT2D eigenvalue weighted by molar-refractivity contribution is 0.379. The molecule has 4 rings (SSSR count). The molecule has 0 N–H and O–H groups in total. The number of rotatable bonds is 4. The Morgan fingerprint density at radius 2 is 1.83 bits per heavy atom. The molecule has 0 bridgehead atoms. The van der Waals surface area contributed by atoms with Crippen LogP contribution in [0.1, 0.15) is 6.92 Å². The van der Waals surface area contributed by atoms with Crippen molar-refractivity contribution >= 4 is 34.8 Å². The predicted molar refractivity (Wildman–Crippen MR) is 117 cm³/mol. The fraction of sp³-hybridized carbons (Fsp3) is 0.286. The zero-order chi connectivity index (χ0) is 21.3. The Bertz CT molecular complexity index is 1050. The summed E-state index contributed by atoms with van der Waals surface area (Å²) >= 11 is 12.6. The van der Waals surface area contributed by atoms with Gasteiger partial charge < -0.3 is 14.5 Å². The summed E-state index contributed by atoms with van der Waals surface area (Å²) in [6, 6.07) is 10.5. The number of benzene rings is 1. The van der Waals surface area contributed by atoms with Crippen molar-refractivity contribution in [1.29, 1.82) is 0 Å². The molecule has 1 saturated heterocycles. The van der Waals surface area contributed by atoms with Crippen molar-refractivity contribution in [2.75, 3.05) is 36.5 Å². The number of ether oxygens (including phenoxy) is 1. The Hall–Kier alpha value is -2.64. The van der Waals surface area contributed by atoms with Crippen molar-refractivity contribution in [2.24, 2.45) is 0 Å². The smallest absolute Gasteiger partial charge is 0.318 e. The van der Waals surface area contributed by atoms with Gasteiger partial charge >= 0.3 is 6.01 Å². The molecular weight excluding hydrogens is 428 g/mol. The number of methoxy groups -OCH3 is 1. The topological polar surface area (TPSA) is 54.4 Å². The second-order valence-electron chi connectivity index (χ2n) is 7.06. The van der Waals surface area contributed by atoms with Crippen molar-refractivity contribution in [3.05, 3.63) is 58.6 Å². The van der Waals surface area contributed by atoms with Crippen LogP contribution in [0.4, 0.5) is 16.0 Å². The minimum absolute atomic E-state index is 0.128. The van der Waals surface area contributed by atoms with Crippen LogP contribution >= 0.6 is 23.2 Å². The second-order valence-corrected chi connectivity index (χ2v) is 7.85. The number of piperazine rings is 1. The predicted octanol–water partition coefficient (Wildman–Crippen LogP) is 4.71. The first kappa shape index (κ1) is 20.6. The molecule has 0 spiro atoms. The first-order valence-electron chi connectivity index (χ1n) is 9.46. The molecule has 3 aromatic rings. The largest absolute Gasteiger partial charge is 0.467 e. The molecule has 1 aromatic carbocycles. The van der Waals surface area contributed by atoms with E-state index < -0.39 is 0 Å². The van der Waals surface area contributed by atoms with Crippen LogP contribution in [-0.4, -0.2) is 47.7 Å². The van der Waals surface area contributed by atoms with Crippen LogP contribution in [0.15, 0.2) is 42.6 Å². The maximum Gasteiger partial charge on any atom is 0.318 e. The molecule has 1 atom stereocenters. The summed E-state index contributed by atoms with van der Waals surface area (Å²) in [7, 11) is 1.52. The summed E-state index contributed by atoms with van der Waals surface area (Å²) < 4.78 is 18.4. The first-order valence-corrected chi connectivity index (χ1v) is 10.2. The van der Waals surface area contributed by atoms with Gasteiger partial charge in [-0.2, -0.15) is 4.98 Å². The lowest BCUT2D eigenvalue weighted by atomic mass is 10.1. The minimum atomic E-state index is -0.274. The standard InChI is InChI=1S/C21H20Cl2FN5O/c1-13-12-28(20-17(22)11-25-21(27-20)30-2)7-8-29(13)19-10-15(9-18(23)26-19)14-3-5-16(24)6-4-14/h3-6,9-11,13H,7-8,12H2,1-2H3/t13-/m1/s1. The molecule has 0 saturated carbocycles. The SMILES string of the molecule is COc1ncc(Cl)c(N2CCN(c3cc(-c4ccc(F)cc4)cc(Cl)n3)[C@H](C)C2)n1. The number of hydrogen-bond donors (Lipinski definition) is 0. The average molecular weight is 448 g/mol. The molecule has 6 nitrogen and oxygen atoms in total. The van der Waals surface area contributed by atoms with E-state index in [2.05, 4.69) is 31.7 Å². The minimum Gasteiger partial charge on any atom is -0.467 e. The van der Waals surface area contributed by atoms with Gasteiger partial charge in [-0.05, 0) is 42.3 Å². The molecule has 2 aromatic heterocycles. The monoisotopic (exact) mass is 447 g/mol. The summed E-state index contributed by atoms with van der Waals surface area (Å²) in [4.78, 5) is 17.3. The van der Waals surface area contributed by atoms with Gasteiger partial charge in [0.1, 0.15) is 21.8 Å². The molecule has 30 heavy (non-hydrogen) atoms. The number of anilines is 2. The third kappa shape index (κ3) is 4.27. The van der Waals surface area contributed by atoms with E-state index >= 15 is 0 Å². The molecule has 1 fully saturated rings. The van der Waals surface area contributed by atoms with Crippen LogP contribution in [0.3, 0.4) is 0 Å². The quantitative estimate of drug-likeness (QED) is 0.539. The van der Waals surface area contributed by atoms with Crippen molar-refractivity contribution in [1.82, 2.24) is 15.0 Å². The lowest BCUT2D eigenvalue weighted by Gasteiger charge is -2.41. The number of halogens is 3. The van der Waals surface area contributed by atoms with E-state index in [4.69, 9.17) is 27.9 Å². The second kappa shape index (κ2) is 8.62. The molecule has 0 aliphatic carbocycles. The highest BCUT2D eigenvalue weighted by molar-refractivity contribution is 6.32. The highest BCUT2D eigenvalue weighted by Gasteiger charge is 2.27. The van der Waals surface area contributed by atoms with Gasteiger partial charge in [-0.25, -0.2) is 14.4 Å². The lowest BCUT2D eigenvalue weighted by Crippen LogP contribution is -2.52. The maximum absolute atomic E-state index is 13.3. The first-order chi connectivity index (χ1) is 14.4. The van der Waals surface area contributed by atoms with Crippen LogP contribution in [0, 0.1) is 5.82 Å². The van der Waals surface area contributed by atoms with Crippen LogP contribution < -0.4 is 14.5 Å².